The summed E-state index contributed by atoms with van der Waals surface area (Å²) in [6.07, 6.45) is 0. The van der Waals surface area contributed by atoms with Gasteiger partial charge in [0.1, 0.15) is 5.01 Å². The molecule has 0 fully saturated rings. The lowest BCUT2D eigenvalue weighted by Gasteiger charge is -2.02. The molecule has 0 bridgehead atoms. The highest BCUT2D eigenvalue weighted by molar-refractivity contribution is 7.09. The standard InChI is InChI=1S/C12H12ClNO2S/c13-10-3-1-9(2-4-10)6-16-7-12-14-11(5-15)8-17-12/h1-4,8,15H,5-7H2. The number of hydrogen-bond acceptors (Lipinski definition) is 4. The average molecular weight is 270 g/mol. The van der Waals surface area contributed by atoms with Crippen LogP contribution in [0.1, 0.15) is 16.3 Å². The molecule has 1 heterocycles. The number of benzene rings is 1. The largest absolute Gasteiger partial charge is 0.390 e. The Morgan fingerprint density at radius 3 is 2.65 bits per heavy atom. The quantitative estimate of drug-likeness (QED) is 0.907. The van der Waals surface area contributed by atoms with E-state index < -0.39 is 0 Å². The fourth-order valence-electron chi connectivity index (χ4n) is 1.32. The van der Waals surface area contributed by atoms with Gasteiger partial charge in [0, 0.05) is 10.4 Å². The fourth-order valence-corrected chi connectivity index (χ4v) is 2.17. The van der Waals surface area contributed by atoms with Gasteiger partial charge in [-0.15, -0.1) is 11.3 Å². The molecule has 2 rings (SSSR count). The van der Waals surface area contributed by atoms with E-state index in [1.165, 1.54) is 11.3 Å². The Balaban J connectivity index is 1.81. The highest BCUT2D eigenvalue weighted by Crippen LogP contribution is 2.13. The second-order valence-corrected chi connectivity index (χ2v) is 4.89. The third-order valence-electron chi connectivity index (χ3n) is 2.17. The van der Waals surface area contributed by atoms with E-state index >= 15 is 0 Å². The van der Waals surface area contributed by atoms with Gasteiger partial charge in [0.25, 0.3) is 0 Å². The minimum atomic E-state index is -0.0202. The van der Waals surface area contributed by atoms with Crippen LogP contribution in [0.25, 0.3) is 0 Å². The highest BCUT2D eigenvalue weighted by atomic mass is 35.5. The lowest BCUT2D eigenvalue weighted by atomic mass is 10.2. The van der Waals surface area contributed by atoms with Gasteiger partial charge in [0.2, 0.25) is 0 Å². The first-order valence-corrected chi connectivity index (χ1v) is 6.40. The Morgan fingerprint density at radius 1 is 1.24 bits per heavy atom. The molecule has 5 heteroatoms. The van der Waals surface area contributed by atoms with E-state index in [0.29, 0.717) is 18.9 Å². The van der Waals surface area contributed by atoms with Gasteiger partial charge in [-0.1, -0.05) is 23.7 Å². The maximum Gasteiger partial charge on any atom is 0.119 e. The highest BCUT2D eigenvalue weighted by Gasteiger charge is 2.01. The van der Waals surface area contributed by atoms with Gasteiger partial charge in [-0.3, -0.25) is 0 Å². The molecule has 1 aromatic carbocycles. The lowest BCUT2D eigenvalue weighted by molar-refractivity contribution is 0.106. The lowest BCUT2D eigenvalue weighted by Crippen LogP contribution is -1.94. The number of rotatable bonds is 5. The Labute approximate surface area is 109 Å². The number of aliphatic hydroxyl groups excluding tert-OH is 1. The first kappa shape index (κ1) is 12.5. The van der Waals surface area contributed by atoms with Gasteiger partial charge in [-0.2, -0.15) is 0 Å². The fraction of sp³-hybridized carbons (Fsp3) is 0.250. The van der Waals surface area contributed by atoms with Gasteiger partial charge in [-0.05, 0) is 17.7 Å². The Hall–Kier alpha value is -0.940. The summed E-state index contributed by atoms with van der Waals surface area (Å²) in [6, 6.07) is 7.55. The van der Waals surface area contributed by atoms with Crippen LogP contribution >= 0.6 is 22.9 Å². The number of aliphatic hydroxyl groups is 1. The van der Waals surface area contributed by atoms with E-state index in [1.807, 2.05) is 29.6 Å². The molecule has 0 aliphatic rings. The van der Waals surface area contributed by atoms with E-state index in [0.717, 1.165) is 15.6 Å². The van der Waals surface area contributed by atoms with E-state index in [1.54, 1.807) is 0 Å². The van der Waals surface area contributed by atoms with Crippen LogP contribution in [-0.4, -0.2) is 10.1 Å². The zero-order valence-corrected chi connectivity index (χ0v) is 10.7. The summed E-state index contributed by atoms with van der Waals surface area (Å²) in [5.74, 6) is 0. The van der Waals surface area contributed by atoms with Crippen molar-refractivity contribution in [3.8, 4) is 0 Å². The summed E-state index contributed by atoms with van der Waals surface area (Å²) in [7, 11) is 0. The molecule has 0 amide bonds. The zero-order valence-electron chi connectivity index (χ0n) is 9.10. The minimum absolute atomic E-state index is 0.0202. The SMILES string of the molecule is OCc1csc(COCc2ccc(Cl)cc2)n1. The zero-order chi connectivity index (χ0) is 12.1. The molecule has 0 spiro atoms. The van der Waals surface area contributed by atoms with Crippen molar-refractivity contribution in [3.63, 3.8) is 0 Å². The first-order chi connectivity index (χ1) is 8.28. The van der Waals surface area contributed by atoms with Crippen LogP contribution in [0.5, 0.6) is 0 Å². The number of halogens is 1. The third-order valence-corrected chi connectivity index (χ3v) is 3.29. The van der Waals surface area contributed by atoms with Crippen molar-refractivity contribution in [2.24, 2.45) is 0 Å². The Bertz CT molecular complexity index is 470. The van der Waals surface area contributed by atoms with Crippen LogP contribution in [0, 0.1) is 0 Å². The molecular formula is C12H12ClNO2S. The molecule has 0 aliphatic carbocycles. The maximum atomic E-state index is 8.87. The summed E-state index contributed by atoms with van der Waals surface area (Å²) in [6.45, 7) is 0.978. The maximum absolute atomic E-state index is 8.87. The number of nitrogens with zero attached hydrogens (tertiary/aromatic N) is 1. The van der Waals surface area contributed by atoms with Crippen LogP contribution in [-0.2, 0) is 24.6 Å². The summed E-state index contributed by atoms with van der Waals surface area (Å²) in [4.78, 5) is 4.20. The molecule has 0 atom stereocenters. The van der Waals surface area contributed by atoms with Crippen LogP contribution in [0.2, 0.25) is 5.02 Å². The Morgan fingerprint density at radius 2 is 2.00 bits per heavy atom. The summed E-state index contributed by atoms with van der Waals surface area (Å²) >= 11 is 7.28. The van der Waals surface area contributed by atoms with E-state index in [4.69, 9.17) is 21.4 Å². The van der Waals surface area contributed by atoms with Crippen molar-refractivity contribution >= 4 is 22.9 Å². The molecule has 90 valence electrons. The predicted octanol–water partition coefficient (Wildman–Crippen LogP) is 3.01. The van der Waals surface area contributed by atoms with Crippen molar-refractivity contribution in [1.82, 2.24) is 4.98 Å². The van der Waals surface area contributed by atoms with Crippen molar-refractivity contribution in [2.75, 3.05) is 0 Å². The molecular weight excluding hydrogens is 258 g/mol. The summed E-state index contributed by atoms with van der Waals surface area (Å²) in [5, 5.41) is 12.3. The number of aromatic nitrogens is 1. The second kappa shape index (κ2) is 6.12. The molecule has 1 aromatic heterocycles. The van der Waals surface area contributed by atoms with Gasteiger partial charge in [0.05, 0.1) is 25.5 Å². The number of hydrogen-bond donors (Lipinski definition) is 1. The molecule has 0 saturated carbocycles. The molecule has 1 N–H and O–H groups in total. The summed E-state index contributed by atoms with van der Waals surface area (Å²) < 4.78 is 5.53. The van der Waals surface area contributed by atoms with Crippen molar-refractivity contribution in [3.05, 3.63) is 50.9 Å². The molecule has 2 aromatic rings. The van der Waals surface area contributed by atoms with E-state index in [9.17, 15) is 0 Å². The van der Waals surface area contributed by atoms with Gasteiger partial charge < -0.3 is 9.84 Å². The smallest absolute Gasteiger partial charge is 0.119 e. The van der Waals surface area contributed by atoms with E-state index in [2.05, 4.69) is 4.98 Å². The molecule has 3 nitrogen and oxygen atoms in total. The predicted molar refractivity (Wildman–Crippen MR) is 68.0 cm³/mol. The number of ether oxygens (including phenoxy) is 1. The number of thiazole rings is 1. The van der Waals surface area contributed by atoms with Crippen molar-refractivity contribution in [1.29, 1.82) is 0 Å². The van der Waals surface area contributed by atoms with Gasteiger partial charge in [-0.25, -0.2) is 4.98 Å². The first-order valence-electron chi connectivity index (χ1n) is 5.14. The summed E-state index contributed by atoms with van der Waals surface area (Å²) in [5.41, 5.74) is 1.77. The second-order valence-electron chi connectivity index (χ2n) is 3.51. The van der Waals surface area contributed by atoms with Crippen molar-refractivity contribution in [2.45, 2.75) is 19.8 Å². The average Bonchev–Trinajstić information content (AvgIpc) is 2.80. The minimum Gasteiger partial charge on any atom is -0.390 e. The monoisotopic (exact) mass is 269 g/mol. The van der Waals surface area contributed by atoms with E-state index in [-0.39, 0.29) is 6.61 Å². The molecule has 0 unspecified atom stereocenters. The Kier molecular flexibility index (Phi) is 4.50. The van der Waals surface area contributed by atoms with Gasteiger partial charge >= 0.3 is 0 Å². The molecule has 0 saturated heterocycles. The van der Waals surface area contributed by atoms with Crippen LogP contribution in [0.4, 0.5) is 0 Å². The third kappa shape index (κ3) is 3.78. The normalized spacial score (nSPS) is 10.7. The van der Waals surface area contributed by atoms with Crippen LogP contribution in [0.15, 0.2) is 29.6 Å². The molecule has 0 aliphatic heterocycles. The molecule has 17 heavy (non-hydrogen) atoms. The van der Waals surface area contributed by atoms with Gasteiger partial charge in [0.15, 0.2) is 0 Å². The van der Waals surface area contributed by atoms with Crippen LogP contribution < -0.4 is 0 Å². The van der Waals surface area contributed by atoms with Crippen LogP contribution in [0.3, 0.4) is 0 Å². The topological polar surface area (TPSA) is 42.4 Å². The van der Waals surface area contributed by atoms with Crippen molar-refractivity contribution < 1.29 is 9.84 Å². The molecule has 0 radical (unpaired) electrons.